The molecule has 0 bridgehead atoms. The average molecular weight is 302 g/mol. The summed E-state index contributed by atoms with van der Waals surface area (Å²) in [5, 5.41) is 3.40. The summed E-state index contributed by atoms with van der Waals surface area (Å²) in [6.07, 6.45) is 0. The smallest absolute Gasteiger partial charge is 0.119 e. The van der Waals surface area contributed by atoms with E-state index in [2.05, 4.69) is 41.9 Å². The van der Waals surface area contributed by atoms with Gasteiger partial charge in [0.05, 0.1) is 13.2 Å². The van der Waals surface area contributed by atoms with Crippen molar-refractivity contribution in [1.29, 1.82) is 0 Å². The van der Waals surface area contributed by atoms with E-state index < -0.39 is 0 Å². The maximum atomic E-state index is 5.51. The normalized spacial score (nSPS) is 10.9. The SMILES string of the molecule is CCOc1ccc(-n2c(C)cc(CNCCOC)c2C)cc1. The number of rotatable bonds is 8. The summed E-state index contributed by atoms with van der Waals surface area (Å²) in [4.78, 5) is 0. The summed E-state index contributed by atoms with van der Waals surface area (Å²) in [7, 11) is 1.72. The van der Waals surface area contributed by atoms with Crippen molar-refractivity contribution in [1.82, 2.24) is 9.88 Å². The second-order valence-corrected chi connectivity index (χ2v) is 5.33. The number of benzene rings is 1. The Morgan fingerprint density at radius 3 is 2.50 bits per heavy atom. The van der Waals surface area contributed by atoms with Gasteiger partial charge in [-0.3, -0.25) is 0 Å². The monoisotopic (exact) mass is 302 g/mol. The summed E-state index contributed by atoms with van der Waals surface area (Å²) >= 11 is 0. The molecule has 0 fully saturated rings. The lowest BCUT2D eigenvalue weighted by atomic mass is 10.2. The molecule has 0 radical (unpaired) electrons. The van der Waals surface area contributed by atoms with Crippen LogP contribution in [0, 0.1) is 13.8 Å². The van der Waals surface area contributed by atoms with Gasteiger partial charge in [-0.1, -0.05) is 0 Å². The number of hydrogen-bond donors (Lipinski definition) is 1. The molecule has 4 nitrogen and oxygen atoms in total. The van der Waals surface area contributed by atoms with Gasteiger partial charge >= 0.3 is 0 Å². The van der Waals surface area contributed by atoms with Crippen molar-refractivity contribution in [3.05, 3.63) is 47.3 Å². The maximum absolute atomic E-state index is 5.51. The molecule has 0 aliphatic heterocycles. The van der Waals surface area contributed by atoms with Crippen molar-refractivity contribution in [2.45, 2.75) is 27.3 Å². The van der Waals surface area contributed by atoms with Crippen molar-refractivity contribution in [3.8, 4) is 11.4 Å². The Balaban J connectivity index is 2.15. The van der Waals surface area contributed by atoms with Crippen LogP contribution in [0.1, 0.15) is 23.9 Å². The minimum Gasteiger partial charge on any atom is -0.494 e. The van der Waals surface area contributed by atoms with E-state index in [-0.39, 0.29) is 0 Å². The van der Waals surface area contributed by atoms with Crippen LogP contribution in [0.3, 0.4) is 0 Å². The highest BCUT2D eigenvalue weighted by Gasteiger charge is 2.10. The van der Waals surface area contributed by atoms with Gasteiger partial charge in [0.15, 0.2) is 0 Å². The predicted octanol–water partition coefficient (Wildman–Crippen LogP) is 3.23. The molecule has 1 aromatic heterocycles. The fourth-order valence-electron chi connectivity index (χ4n) is 2.66. The van der Waals surface area contributed by atoms with Crippen molar-refractivity contribution in [2.75, 3.05) is 26.9 Å². The fourth-order valence-corrected chi connectivity index (χ4v) is 2.66. The molecule has 2 aromatic rings. The molecule has 120 valence electrons. The fraction of sp³-hybridized carbons (Fsp3) is 0.444. The van der Waals surface area contributed by atoms with E-state index in [4.69, 9.17) is 9.47 Å². The summed E-state index contributed by atoms with van der Waals surface area (Å²) < 4.78 is 12.8. The molecule has 0 atom stereocenters. The molecule has 0 unspecified atom stereocenters. The third-order valence-corrected chi connectivity index (χ3v) is 3.74. The van der Waals surface area contributed by atoms with E-state index in [9.17, 15) is 0 Å². The number of hydrogen-bond acceptors (Lipinski definition) is 3. The molecule has 0 saturated heterocycles. The molecular weight excluding hydrogens is 276 g/mol. The molecule has 0 aliphatic carbocycles. The van der Waals surface area contributed by atoms with E-state index in [1.807, 2.05) is 19.1 Å². The summed E-state index contributed by atoms with van der Waals surface area (Å²) in [5.41, 5.74) is 5.00. The van der Waals surface area contributed by atoms with Crippen LogP contribution in [-0.2, 0) is 11.3 Å². The first-order valence-corrected chi connectivity index (χ1v) is 7.78. The van der Waals surface area contributed by atoms with Gasteiger partial charge in [-0.2, -0.15) is 0 Å². The van der Waals surface area contributed by atoms with E-state index in [0.717, 1.165) is 25.4 Å². The summed E-state index contributed by atoms with van der Waals surface area (Å²) in [6.45, 7) is 9.45. The minimum absolute atomic E-state index is 0.693. The van der Waals surface area contributed by atoms with Crippen molar-refractivity contribution >= 4 is 0 Å². The van der Waals surface area contributed by atoms with Gasteiger partial charge in [0.25, 0.3) is 0 Å². The Morgan fingerprint density at radius 1 is 1.14 bits per heavy atom. The second kappa shape index (κ2) is 8.01. The number of aryl methyl sites for hydroxylation is 1. The second-order valence-electron chi connectivity index (χ2n) is 5.33. The number of aromatic nitrogens is 1. The van der Waals surface area contributed by atoms with E-state index in [1.165, 1.54) is 22.6 Å². The summed E-state index contributed by atoms with van der Waals surface area (Å²) in [6, 6.07) is 10.5. The predicted molar refractivity (Wildman–Crippen MR) is 90.0 cm³/mol. The molecule has 0 saturated carbocycles. The zero-order valence-electron chi connectivity index (χ0n) is 14.0. The summed E-state index contributed by atoms with van der Waals surface area (Å²) in [5.74, 6) is 0.912. The van der Waals surface area contributed by atoms with Gasteiger partial charge in [0.2, 0.25) is 0 Å². The Bertz CT molecular complexity index is 588. The van der Waals surface area contributed by atoms with Crippen LogP contribution in [0.5, 0.6) is 5.75 Å². The maximum Gasteiger partial charge on any atom is 0.119 e. The van der Waals surface area contributed by atoms with Crippen LogP contribution in [-0.4, -0.2) is 31.4 Å². The van der Waals surface area contributed by atoms with Crippen molar-refractivity contribution < 1.29 is 9.47 Å². The Labute approximate surface area is 133 Å². The molecule has 0 aliphatic rings. The minimum atomic E-state index is 0.693. The Kier molecular flexibility index (Phi) is 6.04. The first-order chi connectivity index (χ1) is 10.7. The number of nitrogens with one attached hydrogen (secondary N) is 1. The molecule has 4 heteroatoms. The number of methoxy groups -OCH3 is 1. The lowest BCUT2D eigenvalue weighted by Crippen LogP contribution is -2.18. The average Bonchev–Trinajstić information content (AvgIpc) is 2.79. The molecule has 0 amide bonds. The topological polar surface area (TPSA) is 35.4 Å². The van der Waals surface area contributed by atoms with E-state index in [1.54, 1.807) is 7.11 Å². The number of nitrogens with zero attached hydrogens (tertiary/aromatic N) is 1. The quantitative estimate of drug-likeness (QED) is 0.760. The van der Waals surface area contributed by atoms with Crippen LogP contribution in [0.4, 0.5) is 0 Å². The van der Waals surface area contributed by atoms with Gasteiger partial charge in [-0.25, -0.2) is 0 Å². The van der Waals surface area contributed by atoms with Crippen molar-refractivity contribution in [2.24, 2.45) is 0 Å². The molecule has 0 spiro atoms. The highest BCUT2D eigenvalue weighted by Crippen LogP contribution is 2.22. The van der Waals surface area contributed by atoms with Gasteiger partial charge in [0, 0.05) is 37.3 Å². The lowest BCUT2D eigenvalue weighted by molar-refractivity contribution is 0.199. The van der Waals surface area contributed by atoms with Gasteiger partial charge in [0.1, 0.15) is 5.75 Å². The van der Waals surface area contributed by atoms with Gasteiger partial charge < -0.3 is 19.4 Å². The van der Waals surface area contributed by atoms with Crippen molar-refractivity contribution in [3.63, 3.8) is 0 Å². The third-order valence-electron chi connectivity index (χ3n) is 3.74. The Morgan fingerprint density at radius 2 is 1.86 bits per heavy atom. The van der Waals surface area contributed by atoms with Crippen LogP contribution >= 0.6 is 0 Å². The molecule has 1 N–H and O–H groups in total. The largest absolute Gasteiger partial charge is 0.494 e. The number of ether oxygens (including phenoxy) is 2. The standard InChI is InChI=1S/C18H26N2O2/c1-5-22-18-8-6-17(7-9-18)20-14(2)12-16(15(20)3)13-19-10-11-21-4/h6-9,12,19H,5,10-11,13H2,1-4H3. The molecular formula is C18H26N2O2. The van der Waals surface area contributed by atoms with Crippen LogP contribution < -0.4 is 10.1 Å². The van der Waals surface area contributed by atoms with Gasteiger partial charge in [-0.05, 0) is 56.7 Å². The van der Waals surface area contributed by atoms with Crippen LogP contribution in [0.25, 0.3) is 5.69 Å². The molecule has 1 heterocycles. The molecule has 1 aromatic carbocycles. The highest BCUT2D eigenvalue weighted by molar-refractivity contribution is 5.43. The zero-order chi connectivity index (χ0) is 15.9. The van der Waals surface area contributed by atoms with Gasteiger partial charge in [-0.15, -0.1) is 0 Å². The van der Waals surface area contributed by atoms with E-state index in [0.29, 0.717) is 6.61 Å². The van der Waals surface area contributed by atoms with E-state index >= 15 is 0 Å². The third kappa shape index (κ3) is 3.90. The first-order valence-electron chi connectivity index (χ1n) is 7.78. The first kappa shape index (κ1) is 16.6. The Hall–Kier alpha value is -1.78. The lowest BCUT2D eigenvalue weighted by Gasteiger charge is -2.11. The molecule has 2 rings (SSSR count). The molecule has 22 heavy (non-hydrogen) atoms. The highest BCUT2D eigenvalue weighted by atomic mass is 16.5. The van der Waals surface area contributed by atoms with Crippen LogP contribution in [0.2, 0.25) is 0 Å². The van der Waals surface area contributed by atoms with Crippen LogP contribution in [0.15, 0.2) is 30.3 Å². The zero-order valence-corrected chi connectivity index (χ0v) is 14.0.